The van der Waals surface area contributed by atoms with Gasteiger partial charge in [-0.15, -0.1) is 11.8 Å². The van der Waals surface area contributed by atoms with Crippen LogP contribution in [0.3, 0.4) is 0 Å². The summed E-state index contributed by atoms with van der Waals surface area (Å²) in [6.45, 7) is 0. The van der Waals surface area contributed by atoms with Gasteiger partial charge in [0, 0.05) is 0 Å². The Kier molecular flexibility index (Phi) is 2.33. The van der Waals surface area contributed by atoms with Crippen LogP contribution in [0.25, 0.3) is 11.0 Å². The maximum Gasteiger partial charge on any atom is 0.173 e. The topological polar surface area (TPSA) is 49.6 Å². The third-order valence-electron chi connectivity index (χ3n) is 1.84. The van der Waals surface area contributed by atoms with Crippen molar-refractivity contribution in [1.29, 1.82) is 5.26 Å². The zero-order chi connectivity index (χ0) is 9.97. The number of nitrogens with zero attached hydrogens (tertiary/aromatic N) is 3. The number of rotatable bonds is 1. The van der Waals surface area contributed by atoms with E-state index in [9.17, 15) is 0 Å². The average Bonchev–Trinajstić information content (AvgIpc) is 2.27. The number of para-hydroxylation sites is 2. The lowest BCUT2D eigenvalue weighted by molar-refractivity contribution is 1.09. The second-order valence-electron chi connectivity index (χ2n) is 2.68. The van der Waals surface area contributed by atoms with Gasteiger partial charge in [0.05, 0.1) is 11.0 Å². The Morgan fingerprint density at radius 2 is 1.86 bits per heavy atom. The normalized spacial score (nSPS) is 10.0. The van der Waals surface area contributed by atoms with Gasteiger partial charge in [0.15, 0.2) is 5.69 Å². The summed E-state index contributed by atoms with van der Waals surface area (Å²) in [5.41, 5.74) is 1.99. The third-order valence-corrected chi connectivity index (χ3v) is 2.51. The molecule has 0 saturated heterocycles. The van der Waals surface area contributed by atoms with Crippen LogP contribution in [-0.4, -0.2) is 16.2 Å². The van der Waals surface area contributed by atoms with Crippen molar-refractivity contribution in [2.24, 2.45) is 0 Å². The van der Waals surface area contributed by atoms with Crippen LogP contribution in [0.2, 0.25) is 0 Å². The SMILES string of the molecule is CSc1nc2ccccc2nc1C#N. The minimum absolute atomic E-state index is 0.399. The molecule has 0 aliphatic heterocycles. The molecule has 4 heteroatoms. The van der Waals surface area contributed by atoms with Gasteiger partial charge >= 0.3 is 0 Å². The second kappa shape index (κ2) is 3.64. The molecule has 2 rings (SSSR count). The zero-order valence-corrected chi connectivity index (χ0v) is 8.38. The molecule has 14 heavy (non-hydrogen) atoms. The largest absolute Gasteiger partial charge is 0.237 e. The molecule has 0 N–H and O–H groups in total. The Morgan fingerprint density at radius 1 is 1.21 bits per heavy atom. The van der Waals surface area contributed by atoms with Crippen molar-refractivity contribution in [1.82, 2.24) is 9.97 Å². The molecule has 1 aromatic heterocycles. The van der Waals surface area contributed by atoms with Crippen LogP contribution in [0.15, 0.2) is 29.3 Å². The van der Waals surface area contributed by atoms with Gasteiger partial charge in [-0.25, -0.2) is 9.97 Å². The molecule has 1 aromatic carbocycles. The van der Waals surface area contributed by atoms with Gasteiger partial charge in [-0.3, -0.25) is 0 Å². The molecule has 3 nitrogen and oxygen atoms in total. The highest BCUT2D eigenvalue weighted by molar-refractivity contribution is 7.98. The molecule has 0 bridgehead atoms. The molecule has 0 spiro atoms. The summed E-state index contributed by atoms with van der Waals surface area (Å²) in [7, 11) is 0. The van der Waals surface area contributed by atoms with Crippen molar-refractivity contribution in [2.45, 2.75) is 5.03 Å². The summed E-state index contributed by atoms with van der Waals surface area (Å²) in [5, 5.41) is 9.53. The molecule has 68 valence electrons. The van der Waals surface area contributed by atoms with E-state index >= 15 is 0 Å². The van der Waals surface area contributed by atoms with Crippen molar-refractivity contribution in [3.05, 3.63) is 30.0 Å². The van der Waals surface area contributed by atoms with Crippen LogP contribution >= 0.6 is 11.8 Å². The van der Waals surface area contributed by atoms with Crippen LogP contribution in [0.5, 0.6) is 0 Å². The quantitative estimate of drug-likeness (QED) is 0.664. The zero-order valence-electron chi connectivity index (χ0n) is 7.56. The summed E-state index contributed by atoms with van der Waals surface area (Å²) >= 11 is 1.44. The molecule has 0 fully saturated rings. The van der Waals surface area contributed by atoms with E-state index in [0.29, 0.717) is 10.7 Å². The summed E-state index contributed by atoms with van der Waals surface area (Å²) in [6.07, 6.45) is 1.89. The minimum Gasteiger partial charge on any atom is -0.237 e. The van der Waals surface area contributed by atoms with E-state index in [-0.39, 0.29) is 0 Å². The van der Waals surface area contributed by atoms with Gasteiger partial charge in [-0.2, -0.15) is 5.26 Å². The summed E-state index contributed by atoms with van der Waals surface area (Å²) in [4.78, 5) is 8.56. The first-order valence-electron chi connectivity index (χ1n) is 4.06. The molecule has 2 aromatic rings. The van der Waals surface area contributed by atoms with E-state index in [1.165, 1.54) is 11.8 Å². The predicted molar refractivity (Wildman–Crippen MR) is 56.0 cm³/mol. The van der Waals surface area contributed by atoms with Crippen LogP contribution in [0.4, 0.5) is 0 Å². The number of benzene rings is 1. The van der Waals surface area contributed by atoms with Crippen LogP contribution in [-0.2, 0) is 0 Å². The van der Waals surface area contributed by atoms with E-state index in [2.05, 4.69) is 9.97 Å². The van der Waals surface area contributed by atoms with Crippen molar-refractivity contribution in [3.8, 4) is 6.07 Å². The molecule has 0 atom stereocenters. The second-order valence-corrected chi connectivity index (χ2v) is 3.48. The van der Waals surface area contributed by atoms with Gasteiger partial charge in [0.25, 0.3) is 0 Å². The van der Waals surface area contributed by atoms with Crippen LogP contribution < -0.4 is 0 Å². The van der Waals surface area contributed by atoms with Crippen molar-refractivity contribution in [3.63, 3.8) is 0 Å². The molecule has 0 aliphatic carbocycles. The van der Waals surface area contributed by atoms with Gasteiger partial charge in [0.2, 0.25) is 0 Å². The molecule has 0 unspecified atom stereocenters. The smallest absolute Gasteiger partial charge is 0.173 e. The van der Waals surface area contributed by atoms with Crippen molar-refractivity contribution >= 4 is 22.8 Å². The maximum atomic E-state index is 8.84. The first kappa shape index (κ1) is 8.97. The molecule has 1 heterocycles. The number of fused-ring (bicyclic) bond motifs is 1. The van der Waals surface area contributed by atoms with Gasteiger partial charge in [-0.05, 0) is 18.4 Å². The van der Waals surface area contributed by atoms with E-state index in [0.717, 1.165) is 11.0 Å². The fraction of sp³-hybridized carbons (Fsp3) is 0.100. The van der Waals surface area contributed by atoms with Gasteiger partial charge in [0.1, 0.15) is 11.1 Å². The Balaban J connectivity index is 2.77. The standard InChI is InChI=1S/C10H7N3S/c1-14-10-9(6-11)12-7-4-2-3-5-8(7)13-10/h2-5H,1H3. The summed E-state index contributed by atoms with van der Waals surface area (Å²) in [6, 6.07) is 9.59. The van der Waals surface area contributed by atoms with Gasteiger partial charge in [-0.1, -0.05) is 12.1 Å². The fourth-order valence-corrected chi connectivity index (χ4v) is 1.67. The minimum atomic E-state index is 0.399. The lowest BCUT2D eigenvalue weighted by Gasteiger charge is -2.00. The molecule has 0 amide bonds. The van der Waals surface area contributed by atoms with Crippen LogP contribution in [0.1, 0.15) is 5.69 Å². The Hall–Kier alpha value is -1.60. The van der Waals surface area contributed by atoms with Crippen molar-refractivity contribution < 1.29 is 0 Å². The van der Waals surface area contributed by atoms with Gasteiger partial charge < -0.3 is 0 Å². The van der Waals surface area contributed by atoms with E-state index in [4.69, 9.17) is 5.26 Å². The first-order chi connectivity index (χ1) is 6.85. The van der Waals surface area contributed by atoms with E-state index in [1.807, 2.05) is 36.6 Å². The van der Waals surface area contributed by atoms with E-state index < -0.39 is 0 Å². The lowest BCUT2D eigenvalue weighted by Crippen LogP contribution is -1.92. The molecule has 0 saturated carbocycles. The highest BCUT2D eigenvalue weighted by Gasteiger charge is 2.05. The lowest BCUT2D eigenvalue weighted by atomic mass is 10.3. The fourth-order valence-electron chi connectivity index (χ4n) is 1.20. The molecular formula is C10H7N3S. The number of hydrogen-bond acceptors (Lipinski definition) is 4. The monoisotopic (exact) mass is 201 g/mol. The predicted octanol–water partition coefficient (Wildman–Crippen LogP) is 2.22. The molecular weight excluding hydrogens is 194 g/mol. The molecule has 0 radical (unpaired) electrons. The third kappa shape index (κ3) is 1.42. The maximum absolute atomic E-state index is 8.84. The van der Waals surface area contributed by atoms with Crippen molar-refractivity contribution in [2.75, 3.05) is 6.26 Å². The first-order valence-corrected chi connectivity index (χ1v) is 5.28. The highest BCUT2D eigenvalue weighted by atomic mass is 32.2. The Labute approximate surface area is 85.8 Å². The van der Waals surface area contributed by atoms with E-state index in [1.54, 1.807) is 0 Å². The number of thioether (sulfide) groups is 1. The summed E-state index contributed by atoms with van der Waals surface area (Å²) in [5.74, 6) is 0. The average molecular weight is 201 g/mol. The highest BCUT2D eigenvalue weighted by Crippen LogP contribution is 2.19. The summed E-state index contributed by atoms with van der Waals surface area (Å²) < 4.78 is 0. The van der Waals surface area contributed by atoms with Crippen LogP contribution in [0, 0.1) is 11.3 Å². The number of hydrogen-bond donors (Lipinski definition) is 0. The Morgan fingerprint density at radius 3 is 2.43 bits per heavy atom. The molecule has 0 aliphatic rings. The Bertz CT molecular complexity index is 516. The number of aromatic nitrogens is 2. The number of nitriles is 1.